The highest BCUT2D eigenvalue weighted by molar-refractivity contribution is 5.66. The number of nitrogens with zero attached hydrogens (tertiary/aromatic N) is 3. The average molecular weight is 291 g/mol. The molecule has 0 radical (unpaired) electrons. The van der Waals surface area contributed by atoms with Gasteiger partial charge in [0, 0.05) is 18.7 Å². The number of aromatic nitrogens is 3. The highest BCUT2D eigenvalue weighted by atomic mass is 16.5. The summed E-state index contributed by atoms with van der Waals surface area (Å²) in [6.45, 7) is 4.49. The predicted molar refractivity (Wildman–Crippen MR) is 75.0 cm³/mol. The van der Waals surface area contributed by atoms with Gasteiger partial charge in [0.2, 0.25) is 11.7 Å². The summed E-state index contributed by atoms with van der Waals surface area (Å²) < 4.78 is 6.65. The lowest BCUT2D eigenvalue weighted by molar-refractivity contribution is -0.137. The van der Waals surface area contributed by atoms with Crippen molar-refractivity contribution in [1.82, 2.24) is 14.7 Å². The summed E-state index contributed by atoms with van der Waals surface area (Å²) in [5.74, 6) is -0.518. The van der Waals surface area contributed by atoms with Crippen molar-refractivity contribution in [3.63, 3.8) is 0 Å². The molecule has 7 nitrogen and oxygen atoms in total. The first-order chi connectivity index (χ1) is 10.0. The van der Waals surface area contributed by atoms with Crippen molar-refractivity contribution in [2.75, 3.05) is 0 Å². The molecular weight excluding hydrogens is 274 g/mol. The van der Waals surface area contributed by atoms with Gasteiger partial charge in [-0.15, -0.1) is 0 Å². The van der Waals surface area contributed by atoms with Gasteiger partial charge < -0.3 is 14.2 Å². The number of hydrogen-bond donors (Lipinski definition) is 1. The number of aryl methyl sites for hydroxylation is 2. The molecule has 2 aromatic heterocycles. The molecule has 2 rings (SSSR count). The maximum absolute atomic E-state index is 12.4. The van der Waals surface area contributed by atoms with Crippen molar-refractivity contribution in [3.8, 4) is 11.4 Å². The molecule has 0 aliphatic carbocycles. The van der Waals surface area contributed by atoms with E-state index in [2.05, 4.69) is 10.1 Å². The van der Waals surface area contributed by atoms with Crippen LogP contribution >= 0.6 is 0 Å². The van der Waals surface area contributed by atoms with Crippen molar-refractivity contribution in [1.29, 1.82) is 0 Å². The van der Waals surface area contributed by atoms with Gasteiger partial charge in [0.25, 0.3) is 5.56 Å². The second-order valence-electron chi connectivity index (χ2n) is 4.75. The van der Waals surface area contributed by atoms with Gasteiger partial charge in [0.15, 0.2) is 0 Å². The fraction of sp³-hybridized carbons (Fsp3) is 0.429. The molecule has 0 aromatic carbocycles. The van der Waals surface area contributed by atoms with Gasteiger partial charge in [0.05, 0.1) is 12.0 Å². The Hall–Kier alpha value is -2.44. The molecule has 0 aliphatic heterocycles. The Kier molecular flexibility index (Phi) is 4.52. The van der Waals surface area contributed by atoms with E-state index in [1.54, 1.807) is 10.6 Å². The Morgan fingerprint density at radius 1 is 1.43 bits per heavy atom. The zero-order chi connectivity index (χ0) is 15.4. The molecule has 0 fully saturated rings. The van der Waals surface area contributed by atoms with Crippen molar-refractivity contribution in [2.45, 2.75) is 39.7 Å². The van der Waals surface area contributed by atoms with Gasteiger partial charge in [-0.3, -0.25) is 9.59 Å². The molecule has 0 atom stereocenters. The number of aliphatic carboxylic acids is 1. The van der Waals surface area contributed by atoms with Gasteiger partial charge in [-0.2, -0.15) is 4.98 Å². The highest BCUT2D eigenvalue weighted by Gasteiger charge is 2.15. The zero-order valence-corrected chi connectivity index (χ0v) is 12.0. The number of carboxylic acids is 1. The van der Waals surface area contributed by atoms with Crippen LogP contribution in [0.4, 0.5) is 0 Å². The number of rotatable bonds is 6. The monoisotopic (exact) mass is 291 g/mol. The van der Waals surface area contributed by atoms with Crippen LogP contribution in [0.1, 0.15) is 31.4 Å². The first kappa shape index (κ1) is 15.0. The molecule has 7 heteroatoms. The molecular formula is C14H17N3O4. The zero-order valence-electron chi connectivity index (χ0n) is 12.0. The lowest BCUT2D eigenvalue weighted by Gasteiger charge is -2.09. The average Bonchev–Trinajstić information content (AvgIpc) is 2.90. The van der Waals surface area contributed by atoms with E-state index in [0.717, 1.165) is 12.1 Å². The quantitative estimate of drug-likeness (QED) is 0.868. The van der Waals surface area contributed by atoms with Crippen molar-refractivity contribution >= 4 is 5.97 Å². The Balaban J connectivity index is 2.32. The minimum Gasteiger partial charge on any atom is -0.481 e. The largest absolute Gasteiger partial charge is 0.481 e. The molecule has 0 bridgehead atoms. The number of hydrogen-bond acceptors (Lipinski definition) is 5. The first-order valence-electron chi connectivity index (χ1n) is 6.78. The molecule has 0 amide bonds. The fourth-order valence-corrected chi connectivity index (χ4v) is 2.02. The minimum atomic E-state index is -0.935. The molecule has 0 aliphatic rings. The number of carbonyl (C=O) groups is 1. The molecule has 1 N–H and O–H groups in total. The van der Waals surface area contributed by atoms with E-state index in [4.69, 9.17) is 9.63 Å². The molecule has 2 heterocycles. The van der Waals surface area contributed by atoms with E-state index in [0.29, 0.717) is 12.1 Å². The van der Waals surface area contributed by atoms with Crippen LogP contribution in [0.3, 0.4) is 0 Å². The standard InChI is InChI=1S/C14H17N3O4/c1-3-8-17-9(2)4-5-10(14(17)20)13-15-11(21-16-13)6-7-12(18)19/h4-5H,3,6-8H2,1-2H3,(H,18,19). The Morgan fingerprint density at radius 2 is 2.19 bits per heavy atom. The minimum absolute atomic E-state index is 0.0877. The molecule has 0 unspecified atom stereocenters. The van der Waals surface area contributed by atoms with Gasteiger partial charge >= 0.3 is 5.97 Å². The smallest absolute Gasteiger partial charge is 0.303 e. The summed E-state index contributed by atoms with van der Waals surface area (Å²) in [4.78, 5) is 27.0. The summed E-state index contributed by atoms with van der Waals surface area (Å²) in [6, 6.07) is 3.50. The van der Waals surface area contributed by atoms with Crippen LogP contribution in [0.2, 0.25) is 0 Å². The summed E-state index contributed by atoms with van der Waals surface area (Å²) in [7, 11) is 0. The van der Waals surface area contributed by atoms with E-state index in [-0.39, 0.29) is 30.1 Å². The summed E-state index contributed by atoms with van der Waals surface area (Å²) in [6.07, 6.45) is 0.910. The maximum atomic E-state index is 12.4. The van der Waals surface area contributed by atoms with Gasteiger partial charge in [-0.25, -0.2) is 0 Å². The Bertz CT molecular complexity index is 702. The van der Waals surface area contributed by atoms with E-state index in [1.165, 1.54) is 0 Å². The normalized spacial score (nSPS) is 10.8. The topological polar surface area (TPSA) is 98.2 Å². The molecule has 0 saturated heterocycles. The highest BCUT2D eigenvalue weighted by Crippen LogP contribution is 2.13. The maximum Gasteiger partial charge on any atom is 0.303 e. The number of carboxylic acid groups (broad SMARTS) is 1. The summed E-state index contributed by atoms with van der Waals surface area (Å²) in [5.41, 5.74) is 1.07. The second-order valence-corrected chi connectivity index (χ2v) is 4.75. The third-order valence-electron chi connectivity index (χ3n) is 3.10. The van der Waals surface area contributed by atoms with E-state index in [1.807, 2.05) is 19.9 Å². The third-order valence-corrected chi connectivity index (χ3v) is 3.10. The van der Waals surface area contributed by atoms with Crippen LogP contribution < -0.4 is 5.56 Å². The van der Waals surface area contributed by atoms with E-state index in [9.17, 15) is 9.59 Å². The van der Waals surface area contributed by atoms with Crippen LogP contribution in [0, 0.1) is 6.92 Å². The SMILES string of the molecule is CCCn1c(C)ccc(-c2noc(CCC(=O)O)n2)c1=O. The van der Waals surface area contributed by atoms with Crippen molar-refractivity contribution in [3.05, 3.63) is 34.1 Å². The molecule has 2 aromatic rings. The molecule has 112 valence electrons. The lowest BCUT2D eigenvalue weighted by atomic mass is 10.2. The summed E-state index contributed by atoms with van der Waals surface area (Å²) in [5, 5.41) is 12.4. The number of pyridine rings is 1. The van der Waals surface area contributed by atoms with Crippen LogP contribution in [-0.4, -0.2) is 25.8 Å². The van der Waals surface area contributed by atoms with Gasteiger partial charge in [-0.1, -0.05) is 12.1 Å². The van der Waals surface area contributed by atoms with Gasteiger partial charge in [-0.05, 0) is 25.5 Å². The molecule has 21 heavy (non-hydrogen) atoms. The van der Waals surface area contributed by atoms with Crippen LogP contribution in [0.15, 0.2) is 21.5 Å². The fourth-order valence-electron chi connectivity index (χ4n) is 2.02. The third kappa shape index (κ3) is 3.36. The van der Waals surface area contributed by atoms with Crippen LogP contribution in [-0.2, 0) is 17.8 Å². The predicted octanol–water partition coefficient (Wildman–Crippen LogP) is 1.63. The van der Waals surface area contributed by atoms with Crippen LogP contribution in [0.25, 0.3) is 11.4 Å². The van der Waals surface area contributed by atoms with Crippen molar-refractivity contribution in [2.24, 2.45) is 0 Å². The summed E-state index contributed by atoms with van der Waals surface area (Å²) >= 11 is 0. The Labute approximate surface area is 121 Å². The van der Waals surface area contributed by atoms with E-state index < -0.39 is 5.97 Å². The van der Waals surface area contributed by atoms with E-state index >= 15 is 0 Å². The Morgan fingerprint density at radius 3 is 2.86 bits per heavy atom. The van der Waals surface area contributed by atoms with Crippen LogP contribution in [0.5, 0.6) is 0 Å². The molecule has 0 spiro atoms. The second kappa shape index (κ2) is 6.34. The molecule has 0 saturated carbocycles. The van der Waals surface area contributed by atoms with Crippen molar-refractivity contribution < 1.29 is 14.4 Å². The first-order valence-corrected chi connectivity index (χ1v) is 6.78. The lowest BCUT2D eigenvalue weighted by Crippen LogP contribution is -2.23. The van der Waals surface area contributed by atoms with Gasteiger partial charge in [0.1, 0.15) is 0 Å².